The van der Waals surface area contributed by atoms with E-state index in [0.717, 1.165) is 5.92 Å². The molecule has 2 N–H and O–H groups in total. The van der Waals surface area contributed by atoms with Crippen LogP contribution in [0.4, 0.5) is 0 Å². The van der Waals surface area contributed by atoms with Gasteiger partial charge in [0.15, 0.2) is 0 Å². The average molecular weight is 324 g/mol. The number of unbranched alkanes of at least 4 members (excludes halogenated alkanes) is 6. The highest BCUT2D eigenvalue weighted by Crippen LogP contribution is 2.49. The van der Waals surface area contributed by atoms with Gasteiger partial charge in [0.25, 0.3) is 0 Å². The summed E-state index contributed by atoms with van der Waals surface area (Å²) in [6, 6.07) is 0.454. The van der Waals surface area contributed by atoms with Gasteiger partial charge in [-0.2, -0.15) is 0 Å². The second kappa shape index (κ2) is 12.3. The van der Waals surface area contributed by atoms with Crippen LogP contribution in [0.5, 0.6) is 0 Å². The maximum Gasteiger partial charge on any atom is 0.00982 e. The maximum atomic E-state index is 6.85. The Bertz CT molecular complexity index is 269. The SMILES string of the molecule is CCCCCCCCCC(N)C1(CCC)CCCCC1CCC. The minimum Gasteiger partial charge on any atom is -0.327 e. The monoisotopic (exact) mass is 323 g/mol. The molecule has 1 aliphatic carbocycles. The Morgan fingerprint density at radius 1 is 0.870 bits per heavy atom. The summed E-state index contributed by atoms with van der Waals surface area (Å²) >= 11 is 0. The van der Waals surface area contributed by atoms with Crippen molar-refractivity contribution in [2.24, 2.45) is 17.1 Å². The summed E-state index contributed by atoms with van der Waals surface area (Å²) in [5.41, 5.74) is 7.33. The summed E-state index contributed by atoms with van der Waals surface area (Å²) in [7, 11) is 0. The summed E-state index contributed by atoms with van der Waals surface area (Å²) in [4.78, 5) is 0. The second-order valence-corrected chi connectivity index (χ2v) is 8.23. The van der Waals surface area contributed by atoms with Crippen molar-refractivity contribution in [2.45, 2.75) is 130 Å². The normalized spacial score (nSPS) is 26.3. The van der Waals surface area contributed by atoms with E-state index in [1.165, 1.54) is 103 Å². The van der Waals surface area contributed by atoms with Crippen molar-refractivity contribution < 1.29 is 0 Å². The van der Waals surface area contributed by atoms with Crippen LogP contribution in [0.1, 0.15) is 124 Å². The zero-order valence-electron chi connectivity index (χ0n) is 16.5. The molecule has 0 radical (unpaired) electrons. The first-order valence-corrected chi connectivity index (χ1v) is 11.0. The predicted octanol–water partition coefficient (Wildman–Crippen LogP) is 7.23. The zero-order valence-corrected chi connectivity index (χ0v) is 16.5. The van der Waals surface area contributed by atoms with E-state index in [0.29, 0.717) is 11.5 Å². The smallest absolute Gasteiger partial charge is 0.00982 e. The van der Waals surface area contributed by atoms with E-state index < -0.39 is 0 Å². The van der Waals surface area contributed by atoms with Crippen LogP contribution < -0.4 is 5.73 Å². The lowest BCUT2D eigenvalue weighted by Gasteiger charge is -2.49. The number of hydrogen-bond donors (Lipinski definition) is 1. The van der Waals surface area contributed by atoms with Gasteiger partial charge in [-0.3, -0.25) is 0 Å². The van der Waals surface area contributed by atoms with Crippen molar-refractivity contribution >= 4 is 0 Å². The minimum atomic E-state index is 0.454. The van der Waals surface area contributed by atoms with Gasteiger partial charge in [0.2, 0.25) is 0 Å². The van der Waals surface area contributed by atoms with Crippen molar-refractivity contribution in [3.63, 3.8) is 0 Å². The highest BCUT2D eigenvalue weighted by Gasteiger charge is 2.43. The summed E-state index contributed by atoms with van der Waals surface area (Å²) in [6.45, 7) is 7.01. The molecule has 0 amide bonds. The van der Waals surface area contributed by atoms with Gasteiger partial charge in [-0.25, -0.2) is 0 Å². The third-order valence-corrected chi connectivity index (χ3v) is 6.47. The third kappa shape index (κ3) is 6.77. The summed E-state index contributed by atoms with van der Waals surface area (Å²) in [6.07, 6.45) is 22.2. The molecule has 1 rings (SSSR count). The molecule has 3 atom stereocenters. The molecule has 0 saturated heterocycles. The van der Waals surface area contributed by atoms with Gasteiger partial charge in [-0.1, -0.05) is 97.8 Å². The van der Waals surface area contributed by atoms with Crippen LogP contribution in [0.2, 0.25) is 0 Å². The van der Waals surface area contributed by atoms with Gasteiger partial charge in [0.05, 0.1) is 0 Å². The molecule has 0 aliphatic heterocycles. The van der Waals surface area contributed by atoms with E-state index in [9.17, 15) is 0 Å². The van der Waals surface area contributed by atoms with Crippen LogP contribution in [-0.4, -0.2) is 6.04 Å². The molecular formula is C22H45N. The lowest BCUT2D eigenvalue weighted by Crippen LogP contribution is -2.48. The van der Waals surface area contributed by atoms with Crippen molar-refractivity contribution in [1.82, 2.24) is 0 Å². The molecule has 1 fully saturated rings. The zero-order chi connectivity index (χ0) is 17.0. The van der Waals surface area contributed by atoms with E-state index in [-0.39, 0.29) is 0 Å². The Morgan fingerprint density at radius 2 is 1.57 bits per heavy atom. The standard InChI is InChI=1S/C22H45N/c1-4-7-8-9-10-11-12-17-21(23)22(18-6-3)19-14-13-16-20(22)15-5-2/h20-21H,4-19,23H2,1-3H3. The number of hydrogen-bond acceptors (Lipinski definition) is 1. The molecule has 3 unspecified atom stereocenters. The van der Waals surface area contributed by atoms with Crippen molar-refractivity contribution in [3.8, 4) is 0 Å². The molecule has 1 heteroatoms. The van der Waals surface area contributed by atoms with Crippen LogP contribution in [0, 0.1) is 11.3 Å². The van der Waals surface area contributed by atoms with Gasteiger partial charge in [-0.15, -0.1) is 0 Å². The Balaban J connectivity index is 2.44. The van der Waals surface area contributed by atoms with E-state index in [1.54, 1.807) is 0 Å². The Morgan fingerprint density at radius 3 is 2.22 bits per heavy atom. The minimum absolute atomic E-state index is 0.454. The second-order valence-electron chi connectivity index (χ2n) is 8.23. The summed E-state index contributed by atoms with van der Waals surface area (Å²) < 4.78 is 0. The van der Waals surface area contributed by atoms with Crippen LogP contribution >= 0.6 is 0 Å². The van der Waals surface area contributed by atoms with Crippen molar-refractivity contribution in [2.75, 3.05) is 0 Å². The number of nitrogens with two attached hydrogens (primary N) is 1. The fraction of sp³-hybridized carbons (Fsp3) is 1.00. The molecule has 0 spiro atoms. The predicted molar refractivity (Wildman–Crippen MR) is 105 cm³/mol. The maximum absolute atomic E-state index is 6.85. The highest BCUT2D eigenvalue weighted by atomic mass is 14.7. The molecule has 0 aromatic rings. The Labute approximate surface area is 147 Å². The lowest BCUT2D eigenvalue weighted by molar-refractivity contribution is 0.0399. The Hall–Kier alpha value is -0.0400. The van der Waals surface area contributed by atoms with Crippen molar-refractivity contribution in [3.05, 3.63) is 0 Å². The number of rotatable bonds is 13. The third-order valence-electron chi connectivity index (χ3n) is 6.47. The molecule has 1 saturated carbocycles. The quantitative estimate of drug-likeness (QED) is 0.355. The van der Waals surface area contributed by atoms with Crippen LogP contribution in [0.25, 0.3) is 0 Å². The van der Waals surface area contributed by atoms with Gasteiger partial charge in [0.1, 0.15) is 0 Å². The van der Waals surface area contributed by atoms with Crippen LogP contribution in [0.15, 0.2) is 0 Å². The molecule has 0 bridgehead atoms. The molecule has 0 aromatic carbocycles. The molecule has 0 aromatic heterocycles. The first-order valence-electron chi connectivity index (χ1n) is 11.0. The van der Waals surface area contributed by atoms with E-state index in [1.807, 2.05) is 0 Å². The van der Waals surface area contributed by atoms with Crippen molar-refractivity contribution in [1.29, 1.82) is 0 Å². The van der Waals surface area contributed by atoms with E-state index >= 15 is 0 Å². The summed E-state index contributed by atoms with van der Waals surface area (Å²) in [5.74, 6) is 0.903. The first kappa shape index (κ1) is 21.0. The molecule has 1 aliphatic rings. The molecule has 1 nitrogen and oxygen atoms in total. The van der Waals surface area contributed by atoms with E-state index in [4.69, 9.17) is 5.73 Å². The Kier molecular flexibility index (Phi) is 11.3. The summed E-state index contributed by atoms with van der Waals surface area (Å²) in [5, 5.41) is 0. The molecular weight excluding hydrogens is 278 g/mol. The fourth-order valence-corrected chi connectivity index (χ4v) is 5.19. The van der Waals surface area contributed by atoms with Gasteiger partial charge in [-0.05, 0) is 37.0 Å². The van der Waals surface area contributed by atoms with Gasteiger partial charge < -0.3 is 5.73 Å². The fourth-order valence-electron chi connectivity index (χ4n) is 5.19. The van der Waals surface area contributed by atoms with Gasteiger partial charge >= 0.3 is 0 Å². The molecule has 23 heavy (non-hydrogen) atoms. The molecule has 0 heterocycles. The topological polar surface area (TPSA) is 26.0 Å². The first-order chi connectivity index (χ1) is 11.2. The van der Waals surface area contributed by atoms with Crippen LogP contribution in [0.3, 0.4) is 0 Å². The average Bonchev–Trinajstić information content (AvgIpc) is 2.56. The van der Waals surface area contributed by atoms with Gasteiger partial charge in [0, 0.05) is 6.04 Å². The van der Waals surface area contributed by atoms with E-state index in [2.05, 4.69) is 20.8 Å². The van der Waals surface area contributed by atoms with Crippen LogP contribution in [-0.2, 0) is 0 Å². The highest BCUT2D eigenvalue weighted by molar-refractivity contribution is 4.96. The lowest BCUT2D eigenvalue weighted by atomic mass is 9.58. The largest absolute Gasteiger partial charge is 0.327 e. The molecule has 138 valence electrons.